The number of rotatable bonds is 9. The monoisotopic (exact) mass is 478 g/mol. The van der Waals surface area contributed by atoms with E-state index in [-0.39, 0.29) is 22.1 Å². The maximum Gasteiger partial charge on any atom is 0.337 e. The molecule has 1 fully saturated rings. The molecule has 2 aromatic carbocycles. The van der Waals surface area contributed by atoms with Gasteiger partial charge in [0.2, 0.25) is 5.91 Å². The zero-order chi connectivity index (χ0) is 24.0. The number of carbonyl (C=O) groups excluding carboxylic acids is 1. The van der Waals surface area contributed by atoms with Gasteiger partial charge in [-0.3, -0.25) is 14.4 Å². The molecule has 0 aliphatic carbocycles. The average Bonchev–Trinajstić information content (AvgIpc) is 2.78. The van der Waals surface area contributed by atoms with Gasteiger partial charge in [0.05, 0.1) is 22.7 Å². The molecular weight excluding hydrogens is 451 g/mol. The lowest BCUT2D eigenvalue weighted by Crippen LogP contribution is -2.49. The molecule has 2 aromatic rings. The van der Waals surface area contributed by atoms with E-state index >= 15 is 0 Å². The summed E-state index contributed by atoms with van der Waals surface area (Å²) in [5.41, 5.74) is 0.474. The SMILES string of the molecule is CCCNC(=O)CN1CCN(c2ccc(NS(=O)(=O)c3cccc(F)c3)cc2C(=O)O)CC1. The van der Waals surface area contributed by atoms with E-state index in [4.69, 9.17) is 0 Å². The summed E-state index contributed by atoms with van der Waals surface area (Å²) in [5, 5.41) is 12.5. The smallest absolute Gasteiger partial charge is 0.337 e. The molecule has 1 aliphatic rings. The normalized spacial score (nSPS) is 14.7. The van der Waals surface area contributed by atoms with E-state index in [1.807, 2.05) is 16.7 Å². The lowest BCUT2D eigenvalue weighted by Gasteiger charge is -2.36. The van der Waals surface area contributed by atoms with Crippen LogP contribution in [0.5, 0.6) is 0 Å². The van der Waals surface area contributed by atoms with Gasteiger partial charge >= 0.3 is 5.97 Å². The van der Waals surface area contributed by atoms with E-state index in [9.17, 15) is 27.5 Å². The van der Waals surface area contributed by atoms with Crippen molar-refractivity contribution in [2.45, 2.75) is 18.2 Å². The molecule has 0 radical (unpaired) electrons. The molecule has 1 saturated heterocycles. The molecule has 0 saturated carbocycles. The minimum Gasteiger partial charge on any atom is -0.478 e. The highest BCUT2D eigenvalue weighted by Crippen LogP contribution is 2.27. The number of carboxylic acids is 1. The Morgan fingerprint density at radius 1 is 1.09 bits per heavy atom. The van der Waals surface area contributed by atoms with Crippen LogP contribution in [0.1, 0.15) is 23.7 Å². The number of anilines is 2. The van der Waals surface area contributed by atoms with Crippen LogP contribution in [0, 0.1) is 5.82 Å². The van der Waals surface area contributed by atoms with Gasteiger partial charge < -0.3 is 15.3 Å². The summed E-state index contributed by atoms with van der Waals surface area (Å²) >= 11 is 0. The van der Waals surface area contributed by atoms with Crippen molar-refractivity contribution in [3.05, 3.63) is 53.8 Å². The van der Waals surface area contributed by atoms with Gasteiger partial charge in [0, 0.05) is 38.4 Å². The number of sulfonamides is 1. The first-order valence-electron chi connectivity index (χ1n) is 10.6. The molecule has 0 atom stereocenters. The van der Waals surface area contributed by atoms with Gasteiger partial charge in [-0.25, -0.2) is 17.6 Å². The highest BCUT2D eigenvalue weighted by atomic mass is 32.2. The summed E-state index contributed by atoms with van der Waals surface area (Å²) in [6, 6.07) is 8.83. The van der Waals surface area contributed by atoms with Crippen LogP contribution in [0.15, 0.2) is 47.4 Å². The standard InChI is InChI=1S/C22H27FN4O5S/c1-2-8-24-21(28)15-26-9-11-27(12-10-26)20-7-6-17(14-19(20)22(29)30)25-33(31,32)18-5-3-4-16(23)13-18/h3-7,13-14,25H,2,8-12,15H2,1H3,(H,24,28)(H,29,30). The van der Waals surface area contributed by atoms with E-state index in [1.54, 1.807) is 6.07 Å². The number of nitrogens with one attached hydrogen (secondary N) is 2. The summed E-state index contributed by atoms with van der Waals surface area (Å²) in [6.45, 7) is 5.14. The van der Waals surface area contributed by atoms with Crippen molar-refractivity contribution in [3.8, 4) is 0 Å². The van der Waals surface area contributed by atoms with E-state index in [0.717, 1.165) is 18.6 Å². The van der Waals surface area contributed by atoms with Crippen LogP contribution in [-0.4, -0.2) is 69.6 Å². The minimum atomic E-state index is -4.08. The molecule has 11 heteroatoms. The molecule has 178 valence electrons. The number of hydrogen-bond acceptors (Lipinski definition) is 6. The summed E-state index contributed by atoms with van der Waals surface area (Å²) in [6.07, 6.45) is 0.867. The molecule has 3 N–H and O–H groups in total. The first kappa shape index (κ1) is 24.5. The number of aromatic carboxylic acids is 1. The fraction of sp³-hybridized carbons (Fsp3) is 0.364. The van der Waals surface area contributed by atoms with Gasteiger partial charge in [-0.05, 0) is 42.8 Å². The Hall–Kier alpha value is -3.18. The van der Waals surface area contributed by atoms with Gasteiger partial charge in [-0.1, -0.05) is 13.0 Å². The summed E-state index contributed by atoms with van der Waals surface area (Å²) in [5.74, 6) is -1.92. The van der Waals surface area contributed by atoms with Crippen molar-refractivity contribution in [2.75, 3.05) is 48.9 Å². The molecule has 33 heavy (non-hydrogen) atoms. The molecule has 1 amide bonds. The Bertz CT molecular complexity index is 1120. The zero-order valence-electron chi connectivity index (χ0n) is 18.3. The topological polar surface area (TPSA) is 119 Å². The molecule has 0 aromatic heterocycles. The van der Waals surface area contributed by atoms with Crippen molar-refractivity contribution in [2.24, 2.45) is 0 Å². The second-order valence-electron chi connectivity index (χ2n) is 7.71. The average molecular weight is 479 g/mol. The van der Waals surface area contributed by atoms with Crippen molar-refractivity contribution in [3.63, 3.8) is 0 Å². The second-order valence-corrected chi connectivity index (χ2v) is 9.40. The Kier molecular flexibility index (Phi) is 7.88. The minimum absolute atomic E-state index is 0.0357. The number of piperazine rings is 1. The van der Waals surface area contributed by atoms with Crippen molar-refractivity contribution >= 4 is 33.3 Å². The summed E-state index contributed by atoms with van der Waals surface area (Å²) in [7, 11) is -4.08. The molecule has 0 bridgehead atoms. The van der Waals surface area contributed by atoms with E-state index in [0.29, 0.717) is 45.0 Å². The van der Waals surface area contributed by atoms with Crippen molar-refractivity contribution in [1.29, 1.82) is 0 Å². The van der Waals surface area contributed by atoms with E-state index < -0.39 is 21.8 Å². The number of halogens is 1. The molecular formula is C22H27FN4O5S. The quantitative estimate of drug-likeness (QED) is 0.504. The predicted molar refractivity (Wildman–Crippen MR) is 123 cm³/mol. The summed E-state index contributed by atoms with van der Waals surface area (Å²) in [4.78, 5) is 27.4. The Labute approximate surface area is 192 Å². The number of carboxylic acid groups (broad SMARTS) is 1. The molecule has 0 spiro atoms. The summed E-state index contributed by atoms with van der Waals surface area (Å²) < 4.78 is 40.8. The number of benzene rings is 2. The Morgan fingerprint density at radius 3 is 2.45 bits per heavy atom. The predicted octanol–water partition coefficient (Wildman–Crippen LogP) is 1.97. The number of nitrogens with zero attached hydrogens (tertiary/aromatic N) is 2. The lowest BCUT2D eigenvalue weighted by atomic mass is 10.1. The van der Waals surface area contributed by atoms with Gasteiger partial charge in [0.15, 0.2) is 0 Å². The number of carbonyl (C=O) groups is 2. The zero-order valence-corrected chi connectivity index (χ0v) is 19.1. The van der Waals surface area contributed by atoms with E-state index in [2.05, 4.69) is 10.0 Å². The van der Waals surface area contributed by atoms with Crippen molar-refractivity contribution in [1.82, 2.24) is 10.2 Å². The maximum absolute atomic E-state index is 13.4. The fourth-order valence-corrected chi connectivity index (χ4v) is 4.65. The van der Waals surface area contributed by atoms with Crippen LogP contribution in [0.4, 0.5) is 15.8 Å². The van der Waals surface area contributed by atoms with Gasteiger partial charge in [0.1, 0.15) is 5.82 Å². The third-order valence-corrected chi connectivity index (χ3v) is 6.62. The highest BCUT2D eigenvalue weighted by molar-refractivity contribution is 7.92. The molecule has 9 nitrogen and oxygen atoms in total. The molecule has 1 heterocycles. The third kappa shape index (κ3) is 6.42. The van der Waals surface area contributed by atoms with Crippen molar-refractivity contribution < 1.29 is 27.5 Å². The van der Waals surface area contributed by atoms with Gasteiger partial charge in [-0.15, -0.1) is 0 Å². The molecule has 1 aliphatic heterocycles. The Balaban J connectivity index is 1.71. The highest BCUT2D eigenvalue weighted by Gasteiger charge is 2.24. The first-order chi connectivity index (χ1) is 15.7. The molecule has 0 unspecified atom stereocenters. The van der Waals surface area contributed by atoms with Crippen LogP contribution in [0.25, 0.3) is 0 Å². The number of amides is 1. The number of hydrogen-bond donors (Lipinski definition) is 3. The first-order valence-corrected chi connectivity index (χ1v) is 12.1. The fourth-order valence-electron chi connectivity index (χ4n) is 3.57. The van der Waals surface area contributed by atoms with Gasteiger partial charge in [0.25, 0.3) is 10.0 Å². The van der Waals surface area contributed by atoms with Crippen LogP contribution in [0.2, 0.25) is 0 Å². The Morgan fingerprint density at radius 2 is 1.82 bits per heavy atom. The maximum atomic E-state index is 13.4. The van der Waals surface area contributed by atoms with Crippen LogP contribution < -0.4 is 14.9 Å². The molecule has 3 rings (SSSR count). The lowest BCUT2D eigenvalue weighted by molar-refractivity contribution is -0.122. The second kappa shape index (κ2) is 10.6. The van der Waals surface area contributed by atoms with Gasteiger partial charge in [-0.2, -0.15) is 0 Å². The largest absolute Gasteiger partial charge is 0.478 e. The third-order valence-electron chi connectivity index (χ3n) is 5.24. The van der Waals surface area contributed by atoms with E-state index in [1.165, 1.54) is 24.3 Å². The van der Waals surface area contributed by atoms with Crippen LogP contribution in [-0.2, 0) is 14.8 Å². The van der Waals surface area contributed by atoms with Crippen LogP contribution in [0.3, 0.4) is 0 Å². The van der Waals surface area contributed by atoms with Crippen LogP contribution >= 0.6 is 0 Å².